The van der Waals surface area contributed by atoms with Crippen molar-refractivity contribution >= 4 is 28.9 Å². The second-order valence-corrected chi connectivity index (χ2v) is 7.62. The number of nitrogens with zero attached hydrogens (tertiary/aromatic N) is 4. The molecule has 7 heteroatoms. The van der Waals surface area contributed by atoms with Crippen molar-refractivity contribution in [2.24, 2.45) is 4.99 Å². The molecule has 0 spiro atoms. The van der Waals surface area contributed by atoms with E-state index < -0.39 is 0 Å². The molecule has 0 bridgehead atoms. The summed E-state index contributed by atoms with van der Waals surface area (Å²) in [6, 6.07) is 15.8. The summed E-state index contributed by atoms with van der Waals surface area (Å²) in [4.78, 5) is 21.5. The first-order valence-electron chi connectivity index (χ1n) is 9.25. The first-order chi connectivity index (χ1) is 13.7. The Hall–Kier alpha value is -2.82. The highest BCUT2D eigenvalue weighted by Gasteiger charge is 2.28. The first-order valence-corrected chi connectivity index (χ1v) is 10.1. The lowest BCUT2D eigenvalue weighted by Crippen LogP contribution is -2.47. The number of nitriles is 1. The van der Waals surface area contributed by atoms with E-state index in [1.54, 1.807) is 6.08 Å². The van der Waals surface area contributed by atoms with Gasteiger partial charge in [0.2, 0.25) is 0 Å². The minimum atomic E-state index is -0.218. The molecular weight excluding hydrogens is 372 g/mol. The number of rotatable bonds is 4. The summed E-state index contributed by atoms with van der Waals surface area (Å²) in [5, 5.41) is 9.46. The van der Waals surface area contributed by atoms with Crippen LogP contribution in [-0.4, -0.2) is 53.6 Å². The van der Waals surface area contributed by atoms with Gasteiger partial charge in [-0.05, 0) is 23.9 Å². The standard InChI is InChI=1S/C21H20N4O2S/c22-9-4-10-24-11-13-25(14-12-24)21-23-20(26)19(28-21)15-17-7-8-18(27-17)16-5-2-1-3-6-16/h1-3,5-8,15H,4,10-14H2. The molecule has 4 rings (SSSR count). The topological polar surface area (TPSA) is 72.8 Å². The highest BCUT2D eigenvalue weighted by atomic mass is 32.2. The molecule has 0 saturated carbocycles. The Labute approximate surface area is 168 Å². The van der Waals surface area contributed by atoms with Gasteiger partial charge in [-0.2, -0.15) is 10.3 Å². The Balaban J connectivity index is 1.39. The molecule has 1 fully saturated rings. The van der Waals surface area contributed by atoms with E-state index in [4.69, 9.17) is 9.68 Å². The van der Waals surface area contributed by atoms with Crippen LogP contribution in [0.2, 0.25) is 0 Å². The predicted molar refractivity (Wildman–Crippen MR) is 110 cm³/mol. The summed E-state index contributed by atoms with van der Waals surface area (Å²) < 4.78 is 5.87. The van der Waals surface area contributed by atoms with E-state index in [0.29, 0.717) is 17.1 Å². The Kier molecular flexibility index (Phi) is 5.60. The van der Waals surface area contributed by atoms with Crippen molar-refractivity contribution in [3.05, 3.63) is 53.1 Å². The van der Waals surface area contributed by atoms with E-state index in [0.717, 1.165) is 49.2 Å². The predicted octanol–water partition coefficient (Wildman–Crippen LogP) is 3.45. The molecule has 28 heavy (non-hydrogen) atoms. The van der Waals surface area contributed by atoms with E-state index >= 15 is 0 Å². The quantitative estimate of drug-likeness (QED) is 0.742. The molecule has 0 unspecified atom stereocenters. The molecule has 3 heterocycles. The maximum Gasteiger partial charge on any atom is 0.286 e. The molecule has 1 aromatic carbocycles. The van der Waals surface area contributed by atoms with Crippen LogP contribution in [0.1, 0.15) is 12.2 Å². The maximum absolute atomic E-state index is 12.3. The molecule has 0 N–H and O–H groups in total. The van der Waals surface area contributed by atoms with E-state index in [2.05, 4.69) is 20.9 Å². The second kappa shape index (κ2) is 8.46. The van der Waals surface area contributed by atoms with Crippen LogP contribution in [-0.2, 0) is 4.79 Å². The fourth-order valence-corrected chi connectivity index (χ4v) is 4.17. The van der Waals surface area contributed by atoms with Crippen LogP contribution in [0.15, 0.2) is 56.8 Å². The average molecular weight is 392 g/mol. The lowest BCUT2D eigenvalue weighted by Gasteiger charge is -2.34. The summed E-state index contributed by atoms with van der Waals surface area (Å²) in [5.41, 5.74) is 1.00. The fraction of sp³-hybridized carbons (Fsp3) is 0.286. The van der Waals surface area contributed by atoms with Crippen LogP contribution < -0.4 is 0 Å². The van der Waals surface area contributed by atoms with Gasteiger partial charge in [0.1, 0.15) is 11.5 Å². The number of benzene rings is 1. The largest absolute Gasteiger partial charge is 0.457 e. The molecule has 6 nitrogen and oxygen atoms in total. The van der Waals surface area contributed by atoms with E-state index in [-0.39, 0.29) is 5.91 Å². The van der Waals surface area contributed by atoms with Crippen molar-refractivity contribution in [1.29, 1.82) is 5.26 Å². The van der Waals surface area contributed by atoms with Crippen molar-refractivity contribution in [3.63, 3.8) is 0 Å². The molecule has 2 aliphatic rings. The number of furan rings is 1. The van der Waals surface area contributed by atoms with Gasteiger partial charge in [0, 0.05) is 50.8 Å². The number of carbonyl (C=O) groups is 1. The van der Waals surface area contributed by atoms with Crippen molar-refractivity contribution in [3.8, 4) is 17.4 Å². The van der Waals surface area contributed by atoms with Crippen molar-refractivity contribution in [2.75, 3.05) is 32.7 Å². The second-order valence-electron chi connectivity index (χ2n) is 6.62. The molecule has 1 aromatic heterocycles. The number of hydrogen-bond acceptors (Lipinski definition) is 6. The van der Waals surface area contributed by atoms with Crippen LogP contribution in [0.4, 0.5) is 0 Å². The van der Waals surface area contributed by atoms with Gasteiger partial charge in [0.05, 0.1) is 11.0 Å². The van der Waals surface area contributed by atoms with Gasteiger partial charge in [-0.3, -0.25) is 9.69 Å². The number of aliphatic imine (C=N–C) groups is 1. The highest BCUT2D eigenvalue weighted by molar-refractivity contribution is 8.18. The average Bonchev–Trinajstić information content (AvgIpc) is 3.35. The summed E-state index contributed by atoms with van der Waals surface area (Å²) >= 11 is 1.40. The molecule has 2 aliphatic heterocycles. The van der Waals surface area contributed by atoms with Gasteiger partial charge in [0.25, 0.3) is 5.91 Å². The van der Waals surface area contributed by atoms with Gasteiger partial charge in [-0.15, -0.1) is 0 Å². The highest BCUT2D eigenvalue weighted by Crippen LogP contribution is 2.32. The molecule has 1 saturated heterocycles. The summed E-state index contributed by atoms with van der Waals surface area (Å²) in [6.45, 7) is 4.20. The summed E-state index contributed by atoms with van der Waals surface area (Å²) in [6.07, 6.45) is 2.31. The molecule has 1 amide bonds. The Morgan fingerprint density at radius 1 is 1.14 bits per heavy atom. The monoisotopic (exact) mass is 392 g/mol. The number of carbonyl (C=O) groups excluding carboxylic acids is 1. The molecule has 142 valence electrons. The number of thioether (sulfide) groups is 1. The van der Waals surface area contributed by atoms with Crippen molar-refractivity contribution in [1.82, 2.24) is 9.80 Å². The van der Waals surface area contributed by atoms with Crippen molar-refractivity contribution < 1.29 is 9.21 Å². The lowest BCUT2D eigenvalue weighted by atomic mass is 10.2. The molecular formula is C21H20N4O2S. The first kappa shape index (κ1) is 18.5. The Bertz CT molecular complexity index is 950. The van der Waals surface area contributed by atoms with E-state index in [1.165, 1.54) is 11.8 Å². The maximum atomic E-state index is 12.3. The van der Waals surface area contributed by atoms with Crippen LogP contribution >= 0.6 is 11.8 Å². The minimum Gasteiger partial charge on any atom is -0.457 e. The molecule has 0 radical (unpaired) electrons. The SMILES string of the molecule is N#CCCN1CCN(C2=NC(=O)C(=Cc3ccc(-c4ccccc4)o3)S2)CC1. The third-order valence-electron chi connectivity index (χ3n) is 4.75. The molecule has 0 atom stereocenters. The molecule has 0 aliphatic carbocycles. The number of amidine groups is 1. The van der Waals surface area contributed by atoms with Gasteiger partial charge in [0.15, 0.2) is 5.17 Å². The number of piperazine rings is 1. The number of hydrogen-bond donors (Lipinski definition) is 0. The smallest absolute Gasteiger partial charge is 0.286 e. The van der Waals surface area contributed by atoms with Gasteiger partial charge in [-0.25, -0.2) is 0 Å². The van der Waals surface area contributed by atoms with Gasteiger partial charge in [-0.1, -0.05) is 30.3 Å². The fourth-order valence-electron chi connectivity index (χ4n) is 3.22. The van der Waals surface area contributed by atoms with Crippen molar-refractivity contribution in [2.45, 2.75) is 6.42 Å². The van der Waals surface area contributed by atoms with Crippen LogP contribution in [0.25, 0.3) is 17.4 Å². The van der Waals surface area contributed by atoms with E-state index in [9.17, 15) is 4.79 Å². The van der Waals surface area contributed by atoms with Crippen LogP contribution in [0.3, 0.4) is 0 Å². The number of amides is 1. The third kappa shape index (κ3) is 4.19. The Morgan fingerprint density at radius 2 is 1.93 bits per heavy atom. The van der Waals surface area contributed by atoms with E-state index in [1.807, 2.05) is 42.5 Å². The van der Waals surface area contributed by atoms with Gasteiger partial charge < -0.3 is 9.32 Å². The van der Waals surface area contributed by atoms with Crippen LogP contribution in [0, 0.1) is 11.3 Å². The Morgan fingerprint density at radius 3 is 2.68 bits per heavy atom. The van der Waals surface area contributed by atoms with Gasteiger partial charge >= 0.3 is 0 Å². The van der Waals surface area contributed by atoms with Crippen LogP contribution in [0.5, 0.6) is 0 Å². The summed E-state index contributed by atoms with van der Waals surface area (Å²) in [5.74, 6) is 1.20. The summed E-state index contributed by atoms with van der Waals surface area (Å²) in [7, 11) is 0. The minimum absolute atomic E-state index is 0.218. The zero-order valence-electron chi connectivity index (χ0n) is 15.4. The zero-order valence-corrected chi connectivity index (χ0v) is 16.2. The normalized spacial score (nSPS) is 19.1. The lowest BCUT2D eigenvalue weighted by molar-refractivity contribution is -0.113. The zero-order chi connectivity index (χ0) is 19.3. The third-order valence-corrected chi connectivity index (χ3v) is 5.79. The molecule has 2 aromatic rings.